The molecule has 0 aliphatic carbocycles. The Morgan fingerprint density at radius 2 is 1.77 bits per heavy atom. The van der Waals surface area contributed by atoms with Gasteiger partial charge >= 0.3 is 6.03 Å². The van der Waals surface area contributed by atoms with E-state index in [0.29, 0.717) is 16.4 Å². The van der Waals surface area contributed by atoms with Crippen LogP contribution in [-0.4, -0.2) is 35.3 Å². The highest BCUT2D eigenvalue weighted by molar-refractivity contribution is 6.30. The van der Waals surface area contributed by atoms with Crippen molar-refractivity contribution in [2.45, 2.75) is 19.9 Å². The second-order valence-electron chi connectivity index (χ2n) is 6.09. The number of urea groups is 1. The second-order valence-corrected chi connectivity index (χ2v) is 6.53. The van der Waals surface area contributed by atoms with Gasteiger partial charge in [0.2, 0.25) is 5.91 Å². The van der Waals surface area contributed by atoms with Crippen LogP contribution in [-0.2, 0) is 9.59 Å². The molecule has 1 atom stereocenters. The first kappa shape index (κ1) is 17.9. The van der Waals surface area contributed by atoms with Crippen molar-refractivity contribution in [3.05, 3.63) is 59.1 Å². The Morgan fingerprint density at radius 1 is 1.12 bits per heavy atom. The fourth-order valence-corrected chi connectivity index (χ4v) is 2.98. The number of carbonyl (C=O) groups is 3. The van der Waals surface area contributed by atoms with Crippen LogP contribution in [0.2, 0.25) is 5.02 Å². The Bertz CT molecular complexity index is 867. The highest BCUT2D eigenvalue weighted by Gasteiger charge is 2.44. The Balaban J connectivity index is 1.75. The zero-order valence-electron chi connectivity index (χ0n) is 14.4. The summed E-state index contributed by atoms with van der Waals surface area (Å²) in [4.78, 5) is 39.8. The number of imide groups is 1. The van der Waals surface area contributed by atoms with Gasteiger partial charge in [-0.3, -0.25) is 19.4 Å². The summed E-state index contributed by atoms with van der Waals surface area (Å²) < 4.78 is 0. The average molecular weight is 372 g/mol. The molecule has 1 heterocycles. The topological polar surface area (TPSA) is 69.7 Å². The number of aryl methyl sites for hydroxylation is 1. The maximum Gasteiger partial charge on any atom is 0.332 e. The number of hydrogen-bond acceptors (Lipinski definition) is 3. The predicted octanol–water partition coefficient (Wildman–Crippen LogP) is 3.44. The van der Waals surface area contributed by atoms with Crippen LogP contribution in [0.4, 0.5) is 16.2 Å². The molecule has 0 bridgehead atoms. The molecule has 4 amide bonds. The fraction of sp³-hybridized carbons (Fsp3) is 0.211. The van der Waals surface area contributed by atoms with E-state index in [4.69, 9.17) is 11.6 Å². The highest BCUT2D eigenvalue weighted by atomic mass is 35.5. The normalized spacial score (nSPS) is 17.0. The number of rotatable bonds is 4. The van der Waals surface area contributed by atoms with Gasteiger partial charge in [-0.05, 0) is 49.7 Å². The quantitative estimate of drug-likeness (QED) is 0.837. The van der Waals surface area contributed by atoms with Crippen molar-refractivity contribution in [3.63, 3.8) is 0 Å². The van der Waals surface area contributed by atoms with Crippen LogP contribution in [0.3, 0.4) is 0 Å². The van der Waals surface area contributed by atoms with Gasteiger partial charge in [0, 0.05) is 16.4 Å². The van der Waals surface area contributed by atoms with Crippen LogP contribution in [0.25, 0.3) is 0 Å². The lowest BCUT2D eigenvalue weighted by Crippen LogP contribution is -2.39. The molecule has 2 aromatic carbocycles. The molecule has 1 N–H and O–H groups in total. The average Bonchev–Trinajstić information content (AvgIpc) is 2.82. The molecule has 0 unspecified atom stereocenters. The van der Waals surface area contributed by atoms with Crippen molar-refractivity contribution < 1.29 is 14.4 Å². The molecule has 1 aliphatic rings. The molecule has 6 nitrogen and oxygen atoms in total. The zero-order valence-corrected chi connectivity index (χ0v) is 15.2. The molecule has 134 valence electrons. The summed E-state index contributed by atoms with van der Waals surface area (Å²) in [7, 11) is 0. The van der Waals surface area contributed by atoms with Crippen molar-refractivity contribution in [3.8, 4) is 0 Å². The van der Waals surface area contributed by atoms with Crippen LogP contribution in [0.5, 0.6) is 0 Å². The summed E-state index contributed by atoms with van der Waals surface area (Å²) in [5.74, 6) is -0.837. The van der Waals surface area contributed by atoms with Gasteiger partial charge in [0.15, 0.2) is 0 Å². The van der Waals surface area contributed by atoms with E-state index in [0.717, 1.165) is 10.5 Å². The smallest absolute Gasteiger partial charge is 0.324 e. The number of halogens is 1. The Labute approximate surface area is 156 Å². The van der Waals surface area contributed by atoms with Crippen molar-refractivity contribution in [2.24, 2.45) is 0 Å². The van der Waals surface area contributed by atoms with E-state index in [1.54, 1.807) is 43.3 Å². The molecule has 0 saturated carbocycles. The molecule has 1 aliphatic heterocycles. The van der Waals surface area contributed by atoms with Crippen molar-refractivity contribution in [2.75, 3.05) is 16.8 Å². The molecule has 2 aromatic rings. The van der Waals surface area contributed by atoms with Crippen LogP contribution < -0.4 is 10.2 Å². The molecule has 1 fully saturated rings. The van der Waals surface area contributed by atoms with Gasteiger partial charge in [0.25, 0.3) is 5.91 Å². The van der Waals surface area contributed by atoms with Crippen LogP contribution in [0.15, 0.2) is 48.5 Å². The number of nitrogens with zero attached hydrogens (tertiary/aromatic N) is 2. The summed E-state index contributed by atoms with van der Waals surface area (Å²) >= 11 is 5.87. The van der Waals surface area contributed by atoms with Gasteiger partial charge in [-0.25, -0.2) is 4.79 Å². The number of para-hydroxylation sites is 1. The first-order chi connectivity index (χ1) is 12.4. The lowest BCUT2D eigenvalue weighted by Gasteiger charge is -2.19. The van der Waals surface area contributed by atoms with Gasteiger partial charge in [0.1, 0.15) is 12.6 Å². The molecule has 7 heteroatoms. The Kier molecular flexibility index (Phi) is 4.95. The van der Waals surface area contributed by atoms with E-state index in [1.165, 1.54) is 4.90 Å². The number of hydrogen-bond donors (Lipinski definition) is 1. The minimum Gasteiger partial charge on any atom is -0.324 e. The standard InChI is InChI=1S/C19H18ClN3O3/c1-12-5-3-4-6-16(12)21-17(24)11-22-18(25)13(2)23(19(22)26)15-9-7-14(20)8-10-15/h3-10,13H,11H2,1-2H3,(H,21,24)/t13-/m1/s1. The third-order valence-corrected chi connectivity index (χ3v) is 4.53. The molecule has 0 radical (unpaired) electrons. The van der Waals surface area contributed by atoms with Crippen molar-refractivity contribution in [1.29, 1.82) is 0 Å². The molecule has 0 spiro atoms. The van der Waals surface area contributed by atoms with E-state index in [1.807, 2.05) is 19.1 Å². The summed E-state index contributed by atoms with van der Waals surface area (Å²) in [6.07, 6.45) is 0. The lowest BCUT2D eigenvalue weighted by molar-refractivity contribution is -0.130. The van der Waals surface area contributed by atoms with Gasteiger partial charge in [-0.15, -0.1) is 0 Å². The number of benzene rings is 2. The van der Waals surface area contributed by atoms with Crippen molar-refractivity contribution >= 4 is 40.8 Å². The SMILES string of the molecule is Cc1ccccc1NC(=O)CN1C(=O)[C@@H](C)N(c2ccc(Cl)cc2)C1=O. The number of amides is 4. The summed E-state index contributed by atoms with van der Waals surface area (Å²) in [6, 6.07) is 12.7. The molecule has 0 aromatic heterocycles. The van der Waals surface area contributed by atoms with Crippen LogP contribution >= 0.6 is 11.6 Å². The van der Waals surface area contributed by atoms with Gasteiger partial charge in [-0.1, -0.05) is 29.8 Å². The van der Waals surface area contributed by atoms with Crippen molar-refractivity contribution in [1.82, 2.24) is 4.90 Å². The molecular weight excluding hydrogens is 354 g/mol. The maximum atomic E-state index is 12.7. The Hall–Kier alpha value is -2.86. The second kappa shape index (κ2) is 7.17. The van der Waals surface area contributed by atoms with Crippen LogP contribution in [0, 0.1) is 6.92 Å². The number of carbonyl (C=O) groups excluding carboxylic acids is 3. The minimum absolute atomic E-state index is 0.333. The van der Waals surface area contributed by atoms with E-state index < -0.39 is 23.9 Å². The van der Waals surface area contributed by atoms with Gasteiger partial charge < -0.3 is 5.32 Å². The first-order valence-corrected chi connectivity index (χ1v) is 8.52. The predicted molar refractivity (Wildman–Crippen MR) is 100 cm³/mol. The first-order valence-electron chi connectivity index (χ1n) is 8.14. The van der Waals surface area contributed by atoms with E-state index in [2.05, 4.69) is 5.32 Å². The lowest BCUT2D eigenvalue weighted by atomic mass is 10.2. The zero-order chi connectivity index (χ0) is 18.8. The van der Waals surface area contributed by atoms with E-state index >= 15 is 0 Å². The minimum atomic E-state index is -0.685. The number of nitrogens with one attached hydrogen (secondary N) is 1. The Morgan fingerprint density at radius 3 is 2.42 bits per heavy atom. The molecular formula is C19H18ClN3O3. The maximum absolute atomic E-state index is 12.7. The van der Waals surface area contributed by atoms with Crippen LogP contribution in [0.1, 0.15) is 12.5 Å². The number of anilines is 2. The molecule has 1 saturated heterocycles. The third-order valence-electron chi connectivity index (χ3n) is 4.27. The molecule has 3 rings (SSSR count). The fourth-order valence-electron chi connectivity index (χ4n) is 2.85. The van der Waals surface area contributed by atoms with E-state index in [-0.39, 0.29) is 6.54 Å². The van der Waals surface area contributed by atoms with Gasteiger partial charge in [0.05, 0.1) is 0 Å². The largest absolute Gasteiger partial charge is 0.332 e. The van der Waals surface area contributed by atoms with Gasteiger partial charge in [-0.2, -0.15) is 0 Å². The third kappa shape index (κ3) is 3.41. The monoisotopic (exact) mass is 371 g/mol. The summed E-state index contributed by atoms with van der Waals surface area (Å²) in [6.45, 7) is 3.17. The summed E-state index contributed by atoms with van der Waals surface area (Å²) in [5.41, 5.74) is 2.11. The highest BCUT2D eigenvalue weighted by Crippen LogP contribution is 2.27. The molecule has 26 heavy (non-hydrogen) atoms. The van der Waals surface area contributed by atoms with E-state index in [9.17, 15) is 14.4 Å². The summed E-state index contributed by atoms with van der Waals surface area (Å²) in [5, 5.41) is 3.27.